The molecule has 2 heterocycles. The van der Waals surface area contributed by atoms with Crippen molar-refractivity contribution in [1.82, 2.24) is 19.5 Å². The van der Waals surface area contributed by atoms with Crippen LogP contribution in [0.1, 0.15) is 11.4 Å². The van der Waals surface area contributed by atoms with Gasteiger partial charge in [-0.3, -0.25) is 9.69 Å². The zero-order chi connectivity index (χ0) is 19.7. The van der Waals surface area contributed by atoms with Crippen LogP contribution in [0.4, 0.5) is 0 Å². The lowest BCUT2D eigenvalue weighted by Crippen LogP contribution is -2.44. The molecule has 0 aliphatic carbocycles. The van der Waals surface area contributed by atoms with Gasteiger partial charge in [0.25, 0.3) is 0 Å². The van der Waals surface area contributed by atoms with Gasteiger partial charge >= 0.3 is 6.47 Å². The molecular formula is C21H23ClN4O2. The predicted molar refractivity (Wildman–Crippen MR) is 110 cm³/mol. The number of fused-ring (bicyclic) bond motifs is 1. The van der Waals surface area contributed by atoms with E-state index in [9.17, 15) is 4.79 Å². The number of likely N-dealkylation sites (N-methyl/N-ethyl adjacent to an activating group) is 1. The lowest BCUT2D eigenvalue weighted by atomic mass is 10.0. The molecule has 0 radical (unpaired) electrons. The molecule has 1 aromatic heterocycles. The first-order chi connectivity index (χ1) is 13.5. The van der Waals surface area contributed by atoms with E-state index in [-0.39, 0.29) is 0 Å². The summed E-state index contributed by atoms with van der Waals surface area (Å²) in [4.78, 5) is 25.8. The minimum atomic E-state index is 0.445. The number of carbonyl (C=O) groups is 1. The van der Waals surface area contributed by atoms with Crippen LogP contribution >= 0.6 is 11.6 Å². The number of aryl methyl sites for hydroxylation is 1. The monoisotopic (exact) mass is 398 g/mol. The van der Waals surface area contributed by atoms with E-state index >= 15 is 0 Å². The third-order valence-electron chi connectivity index (χ3n) is 5.22. The molecule has 0 amide bonds. The number of carbonyl (C=O) groups excluding carboxylic acids is 1. The second kappa shape index (κ2) is 7.91. The molecule has 1 fully saturated rings. The van der Waals surface area contributed by atoms with Gasteiger partial charge in [-0.1, -0.05) is 29.8 Å². The highest BCUT2D eigenvalue weighted by Crippen LogP contribution is 2.31. The normalized spacial score (nSPS) is 15.8. The minimum Gasteiger partial charge on any atom is -0.338 e. The molecular weight excluding hydrogens is 376 g/mol. The fraction of sp³-hybridized carbons (Fsp3) is 0.333. The lowest BCUT2D eigenvalue weighted by Gasteiger charge is -2.31. The molecule has 0 unspecified atom stereocenters. The van der Waals surface area contributed by atoms with E-state index in [1.807, 2.05) is 43.3 Å². The number of hydrogen-bond donors (Lipinski definition) is 0. The van der Waals surface area contributed by atoms with Crippen LogP contribution in [0.2, 0.25) is 5.02 Å². The standard InChI is InChI=1S/C21H23ClN4O2/c1-15-3-5-17(18(22)11-15)16-4-6-19-20(12-16)26(28-14-27)21(23-19)13-25-9-7-24(2)8-10-25/h3-6,11-12,14H,7-10,13H2,1-2H3. The van der Waals surface area contributed by atoms with E-state index in [1.54, 1.807) is 0 Å². The summed E-state index contributed by atoms with van der Waals surface area (Å²) in [5.41, 5.74) is 4.55. The van der Waals surface area contributed by atoms with Crippen molar-refractivity contribution < 1.29 is 9.63 Å². The molecule has 4 rings (SSSR count). The van der Waals surface area contributed by atoms with Crippen LogP contribution in [0.15, 0.2) is 36.4 Å². The summed E-state index contributed by atoms with van der Waals surface area (Å²) in [5, 5.41) is 0.694. The number of piperazine rings is 1. The largest absolute Gasteiger partial charge is 0.338 e. The van der Waals surface area contributed by atoms with Gasteiger partial charge < -0.3 is 9.74 Å². The first kappa shape index (κ1) is 18.9. The third kappa shape index (κ3) is 3.76. The van der Waals surface area contributed by atoms with Gasteiger partial charge in [-0.05, 0) is 43.3 Å². The van der Waals surface area contributed by atoms with E-state index in [2.05, 4.69) is 16.8 Å². The number of nitrogens with zero attached hydrogens (tertiary/aromatic N) is 4. The Hall–Kier alpha value is -2.41. The van der Waals surface area contributed by atoms with Crippen LogP contribution in [0.25, 0.3) is 22.2 Å². The molecule has 1 aliphatic heterocycles. The average molecular weight is 399 g/mol. The van der Waals surface area contributed by atoms with Crippen molar-refractivity contribution in [3.8, 4) is 11.1 Å². The van der Waals surface area contributed by atoms with E-state index in [4.69, 9.17) is 21.4 Å². The number of benzene rings is 2. The van der Waals surface area contributed by atoms with Crippen molar-refractivity contribution in [2.24, 2.45) is 0 Å². The molecule has 7 heteroatoms. The van der Waals surface area contributed by atoms with Crippen molar-refractivity contribution in [1.29, 1.82) is 0 Å². The van der Waals surface area contributed by atoms with Crippen LogP contribution in [-0.4, -0.2) is 59.2 Å². The predicted octanol–water partition coefficient (Wildman–Crippen LogP) is 3.00. The van der Waals surface area contributed by atoms with Gasteiger partial charge in [-0.15, -0.1) is 0 Å². The lowest BCUT2D eigenvalue weighted by molar-refractivity contribution is -0.129. The van der Waals surface area contributed by atoms with E-state index in [0.717, 1.165) is 59.7 Å². The summed E-state index contributed by atoms with van der Waals surface area (Å²) in [6.07, 6.45) is 0. The number of rotatable bonds is 5. The van der Waals surface area contributed by atoms with Gasteiger partial charge in [-0.2, -0.15) is 4.73 Å². The van der Waals surface area contributed by atoms with Crippen molar-refractivity contribution in [3.63, 3.8) is 0 Å². The average Bonchev–Trinajstić information content (AvgIpc) is 3.00. The van der Waals surface area contributed by atoms with E-state index < -0.39 is 0 Å². The zero-order valence-electron chi connectivity index (χ0n) is 16.1. The van der Waals surface area contributed by atoms with E-state index in [1.165, 1.54) is 4.73 Å². The number of halogens is 1. The Balaban J connectivity index is 1.71. The number of hydrogen-bond acceptors (Lipinski definition) is 5. The highest BCUT2D eigenvalue weighted by molar-refractivity contribution is 6.33. The SMILES string of the molecule is Cc1ccc(-c2ccc3nc(CN4CCN(C)CC4)n(OC=O)c3c2)c(Cl)c1. The van der Waals surface area contributed by atoms with Gasteiger partial charge in [-0.25, -0.2) is 4.98 Å². The summed E-state index contributed by atoms with van der Waals surface area (Å²) < 4.78 is 1.53. The summed E-state index contributed by atoms with van der Waals surface area (Å²) >= 11 is 6.44. The van der Waals surface area contributed by atoms with Gasteiger partial charge in [0.2, 0.25) is 0 Å². The maximum absolute atomic E-state index is 11.1. The first-order valence-corrected chi connectivity index (χ1v) is 9.72. The van der Waals surface area contributed by atoms with Crippen LogP contribution in [0, 0.1) is 6.92 Å². The Morgan fingerprint density at radius 1 is 1.14 bits per heavy atom. The van der Waals surface area contributed by atoms with Crippen LogP contribution in [-0.2, 0) is 11.3 Å². The molecule has 0 N–H and O–H groups in total. The Morgan fingerprint density at radius 2 is 1.93 bits per heavy atom. The maximum atomic E-state index is 11.1. The van der Waals surface area contributed by atoms with Crippen LogP contribution < -0.4 is 4.84 Å². The molecule has 1 aliphatic rings. The molecule has 6 nitrogen and oxygen atoms in total. The smallest absolute Gasteiger partial charge is 0.321 e. The topological polar surface area (TPSA) is 50.6 Å². The van der Waals surface area contributed by atoms with E-state index in [0.29, 0.717) is 18.0 Å². The van der Waals surface area contributed by atoms with Gasteiger partial charge in [0.15, 0.2) is 5.82 Å². The zero-order valence-corrected chi connectivity index (χ0v) is 16.8. The minimum absolute atomic E-state index is 0.445. The molecule has 0 bridgehead atoms. The van der Waals surface area contributed by atoms with Crippen LogP contribution in [0.3, 0.4) is 0 Å². The molecule has 2 aromatic carbocycles. The first-order valence-electron chi connectivity index (χ1n) is 9.35. The van der Waals surface area contributed by atoms with Crippen molar-refractivity contribution >= 4 is 29.1 Å². The summed E-state index contributed by atoms with van der Waals surface area (Å²) in [7, 11) is 2.12. The van der Waals surface area contributed by atoms with Crippen molar-refractivity contribution in [3.05, 3.63) is 52.8 Å². The number of imidazole rings is 1. The molecule has 3 aromatic rings. The second-order valence-corrected chi connectivity index (χ2v) is 7.70. The second-order valence-electron chi connectivity index (χ2n) is 7.29. The van der Waals surface area contributed by atoms with Gasteiger partial charge in [0.05, 0.1) is 12.1 Å². The molecule has 0 atom stereocenters. The fourth-order valence-corrected chi connectivity index (χ4v) is 3.94. The fourth-order valence-electron chi connectivity index (χ4n) is 3.59. The summed E-state index contributed by atoms with van der Waals surface area (Å²) in [5.74, 6) is 0.721. The molecule has 1 saturated heterocycles. The van der Waals surface area contributed by atoms with Gasteiger partial charge in [0.1, 0.15) is 5.52 Å². The highest BCUT2D eigenvalue weighted by Gasteiger charge is 2.19. The maximum Gasteiger partial charge on any atom is 0.321 e. The Kier molecular flexibility index (Phi) is 5.35. The molecule has 146 valence electrons. The summed E-state index contributed by atoms with van der Waals surface area (Å²) in [6.45, 7) is 7.05. The third-order valence-corrected chi connectivity index (χ3v) is 5.54. The highest BCUT2D eigenvalue weighted by atomic mass is 35.5. The molecule has 0 spiro atoms. The quantitative estimate of drug-likeness (QED) is 0.618. The van der Waals surface area contributed by atoms with Gasteiger partial charge in [0, 0.05) is 36.8 Å². The Morgan fingerprint density at radius 3 is 2.64 bits per heavy atom. The van der Waals surface area contributed by atoms with Crippen molar-refractivity contribution in [2.45, 2.75) is 13.5 Å². The molecule has 0 saturated carbocycles. The van der Waals surface area contributed by atoms with Crippen LogP contribution in [0.5, 0.6) is 0 Å². The molecule has 28 heavy (non-hydrogen) atoms. The Labute approximate surface area is 169 Å². The van der Waals surface area contributed by atoms with Crippen molar-refractivity contribution in [2.75, 3.05) is 33.2 Å². The Bertz CT molecular complexity index is 1010. The summed E-state index contributed by atoms with van der Waals surface area (Å²) in [6, 6.07) is 11.9. The number of aromatic nitrogens is 2.